The molecule has 1 aliphatic carbocycles. The summed E-state index contributed by atoms with van der Waals surface area (Å²) >= 11 is 0. The molecule has 0 aromatic heterocycles. The van der Waals surface area contributed by atoms with Crippen LogP contribution >= 0.6 is 0 Å². The van der Waals surface area contributed by atoms with Crippen molar-refractivity contribution in [1.82, 2.24) is 0 Å². The maximum Gasteiger partial charge on any atom is 0.198 e. The molecule has 0 aliphatic heterocycles. The summed E-state index contributed by atoms with van der Waals surface area (Å²) < 4.78 is 7.44. The zero-order valence-electron chi connectivity index (χ0n) is 24.5. The van der Waals surface area contributed by atoms with E-state index in [1.807, 2.05) is 0 Å². The summed E-state index contributed by atoms with van der Waals surface area (Å²) in [6, 6.07) is 2.95. The minimum Gasteiger partial charge on any atom is -0.416 e. The minimum atomic E-state index is -1.78. The van der Waals surface area contributed by atoms with Crippen molar-refractivity contribution in [2.75, 3.05) is 6.61 Å². The third kappa shape index (κ3) is 12.4. The molecule has 34 heavy (non-hydrogen) atoms. The molecule has 0 unspecified atom stereocenters. The van der Waals surface area contributed by atoms with Gasteiger partial charge in [0, 0.05) is 6.61 Å². The van der Waals surface area contributed by atoms with Crippen LogP contribution < -0.4 is 0 Å². The third-order valence-electron chi connectivity index (χ3n) is 9.03. The Bertz CT molecular complexity index is 417. The van der Waals surface area contributed by atoms with Crippen molar-refractivity contribution in [3.8, 4) is 0 Å². The Morgan fingerprint density at radius 2 is 0.941 bits per heavy atom. The Hall–Kier alpha value is 0.177. The van der Waals surface area contributed by atoms with Gasteiger partial charge in [0.1, 0.15) is 0 Å². The fourth-order valence-corrected chi connectivity index (χ4v) is 12.8. The van der Waals surface area contributed by atoms with Crippen LogP contribution in [0.5, 0.6) is 0 Å². The van der Waals surface area contributed by atoms with Crippen molar-refractivity contribution in [3.05, 3.63) is 0 Å². The average molecular weight is 495 g/mol. The summed E-state index contributed by atoms with van der Waals surface area (Å²) in [4.78, 5) is 0. The van der Waals surface area contributed by atoms with Crippen LogP contribution in [0.2, 0.25) is 17.1 Å². The van der Waals surface area contributed by atoms with Crippen molar-refractivity contribution in [2.24, 2.45) is 0 Å². The van der Waals surface area contributed by atoms with Gasteiger partial charge in [0.2, 0.25) is 0 Å². The summed E-state index contributed by atoms with van der Waals surface area (Å²) in [6.45, 7) is 10.5. The van der Waals surface area contributed by atoms with E-state index in [2.05, 4.69) is 27.7 Å². The molecule has 0 saturated heterocycles. The fourth-order valence-electron chi connectivity index (χ4n) is 6.83. The van der Waals surface area contributed by atoms with E-state index in [1.165, 1.54) is 166 Å². The molecule has 0 aromatic carbocycles. The van der Waals surface area contributed by atoms with Gasteiger partial charge in [-0.05, 0) is 42.8 Å². The van der Waals surface area contributed by atoms with Crippen LogP contribution in [0.25, 0.3) is 0 Å². The number of hydrogen-bond acceptors (Lipinski definition) is 1. The number of hydrogen-bond donors (Lipinski definition) is 0. The molecule has 0 spiro atoms. The molecule has 1 rings (SSSR count). The highest BCUT2D eigenvalue weighted by Gasteiger charge is 2.53. The maximum atomic E-state index is 7.44. The van der Waals surface area contributed by atoms with E-state index in [0.717, 1.165) is 6.61 Å². The van der Waals surface area contributed by atoms with Crippen LogP contribution in [0.4, 0.5) is 0 Å². The Kier molecular flexibility index (Phi) is 20.2. The summed E-state index contributed by atoms with van der Waals surface area (Å²) in [5, 5.41) is 0.597. The first-order valence-electron chi connectivity index (χ1n) is 16.3. The van der Waals surface area contributed by atoms with Gasteiger partial charge in [-0.25, -0.2) is 0 Å². The molecule has 204 valence electrons. The van der Waals surface area contributed by atoms with E-state index < -0.39 is 8.32 Å². The molecule has 2 heteroatoms. The number of unbranched alkanes of at least 4 members (excludes halogenated alkanes) is 14. The van der Waals surface area contributed by atoms with Crippen molar-refractivity contribution in [1.29, 1.82) is 0 Å². The number of rotatable bonds is 24. The second kappa shape index (κ2) is 21.3. The molecule has 0 N–H and O–H groups in total. The van der Waals surface area contributed by atoms with E-state index in [-0.39, 0.29) is 0 Å². The molecular weight excluding hydrogens is 428 g/mol. The Labute approximate surface area is 218 Å². The minimum absolute atomic E-state index is 0.597. The second-order valence-corrected chi connectivity index (χ2v) is 16.2. The van der Waals surface area contributed by atoms with Crippen LogP contribution in [-0.2, 0) is 4.43 Å². The molecule has 0 aromatic rings. The summed E-state index contributed by atoms with van der Waals surface area (Å²) in [5.41, 5.74) is 0. The SMILES string of the molecule is CCCCCCCCO[Si](CCCCCC)(CCCCCC)C1(CCCCCC)CCCCC1. The van der Waals surface area contributed by atoms with E-state index in [0.29, 0.717) is 5.04 Å². The van der Waals surface area contributed by atoms with Crippen LogP contribution in [0.1, 0.15) is 182 Å². The fraction of sp³-hybridized carbons (Fsp3) is 1.00. The summed E-state index contributed by atoms with van der Waals surface area (Å²) in [7, 11) is -1.78. The first kappa shape index (κ1) is 32.2. The van der Waals surface area contributed by atoms with Gasteiger partial charge in [-0.15, -0.1) is 0 Å². The lowest BCUT2D eigenvalue weighted by molar-refractivity contribution is 0.220. The summed E-state index contributed by atoms with van der Waals surface area (Å²) in [6.07, 6.45) is 34.3. The monoisotopic (exact) mass is 494 g/mol. The molecule has 1 fully saturated rings. The van der Waals surface area contributed by atoms with Gasteiger partial charge in [-0.2, -0.15) is 0 Å². The molecule has 0 amide bonds. The lowest BCUT2D eigenvalue weighted by atomic mass is 9.84. The van der Waals surface area contributed by atoms with E-state index in [4.69, 9.17) is 4.43 Å². The molecule has 1 aliphatic rings. The standard InChI is InChI=1S/C32H66OSi/c1-5-9-13-17-18-23-29-33-34(30-24-15-11-7-3,31-25-16-12-8-4)32(26-20-14-10-6-2)27-21-19-22-28-32/h5-31H2,1-4H3. The topological polar surface area (TPSA) is 9.23 Å². The lowest BCUT2D eigenvalue weighted by Gasteiger charge is -2.52. The van der Waals surface area contributed by atoms with Gasteiger partial charge in [-0.3, -0.25) is 0 Å². The quantitative estimate of drug-likeness (QED) is 0.0957. The van der Waals surface area contributed by atoms with Crippen molar-refractivity contribution in [2.45, 2.75) is 199 Å². The Balaban J connectivity index is 3.00. The Morgan fingerprint density at radius 1 is 0.500 bits per heavy atom. The van der Waals surface area contributed by atoms with Gasteiger partial charge in [0.15, 0.2) is 8.32 Å². The van der Waals surface area contributed by atoms with Gasteiger partial charge < -0.3 is 4.43 Å². The molecule has 0 heterocycles. The molecular formula is C32H66OSi. The average Bonchev–Trinajstić information content (AvgIpc) is 2.86. The smallest absolute Gasteiger partial charge is 0.198 e. The lowest BCUT2D eigenvalue weighted by Crippen LogP contribution is -2.52. The first-order chi connectivity index (χ1) is 16.7. The predicted octanol–water partition coefficient (Wildman–Crippen LogP) is 12.1. The van der Waals surface area contributed by atoms with Crippen molar-refractivity contribution in [3.63, 3.8) is 0 Å². The predicted molar refractivity (Wildman–Crippen MR) is 158 cm³/mol. The molecule has 1 saturated carbocycles. The highest BCUT2D eigenvalue weighted by Crippen LogP contribution is 2.58. The van der Waals surface area contributed by atoms with Crippen LogP contribution in [0.15, 0.2) is 0 Å². The molecule has 0 bridgehead atoms. The van der Waals surface area contributed by atoms with Gasteiger partial charge in [-0.1, -0.05) is 156 Å². The van der Waals surface area contributed by atoms with Gasteiger partial charge in [0.25, 0.3) is 0 Å². The summed E-state index contributed by atoms with van der Waals surface area (Å²) in [5.74, 6) is 0. The third-order valence-corrected chi connectivity index (χ3v) is 14.8. The zero-order valence-corrected chi connectivity index (χ0v) is 25.5. The first-order valence-corrected chi connectivity index (χ1v) is 18.7. The van der Waals surface area contributed by atoms with E-state index in [1.54, 1.807) is 0 Å². The van der Waals surface area contributed by atoms with E-state index >= 15 is 0 Å². The zero-order chi connectivity index (χ0) is 24.8. The highest BCUT2D eigenvalue weighted by atomic mass is 28.4. The van der Waals surface area contributed by atoms with Crippen molar-refractivity contribution < 1.29 is 4.43 Å². The second-order valence-electron chi connectivity index (χ2n) is 11.9. The van der Waals surface area contributed by atoms with Crippen LogP contribution in [0, 0.1) is 0 Å². The van der Waals surface area contributed by atoms with Crippen LogP contribution in [-0.4, -0.2) is 14.9 Å². The van der Waals surface area contributed by atoms with Crippen LogP contribution in [0.3, 0.4) is 0 Å². The molecule has 0 radical (unpaired) electrons. The highest BCUT2D eigenvalue weighted by molar-refractivity contribution is 6.77. The molecule has 1 nitrogen and oxygen atoms in total. The maximum absolute atomic E-state index is 7.44. The largest absolute Gasteiger partial charge is 0.416 e. The van der Waals surface area contributed by atoms with Gasteiger partial charge >= 0.3 is 0 Å². The molecule has 0 atom stereocenters. The Morgan fingerprint density at radius 3 is 1.47 bits per heavy atom. The van der Waals surface area contributed by atoms with Gasteiger partial charge in [0.05, 0.1) is 0 Å². The van der Waals surface area contributed by atoms with Crippen molar-refractivity contribution >= 4 is 8.32 Å². The normalized spacial score (nSPS) is 16.2. The van der Waals surface area contributed by atoms with E-state index in [9.17, 15) is 0 Å².